The van der Waals surface area contributed by atoms with Crippen LogP contribution in [0.4, 0.5) is 5.69 Å². The maximum atomic E-state index is 12.7. The molecule has 0 unspecified atom stereocenters. The van der Waals surface area contributed by atoms with Crippen LogP contribution >= 0.6 is 0 Å². The van der Waals surface area contributed by atoms with E-state index in [0.29, 0.717) is 50.9 Å². The van der Waals surface area contributed by atoms with Crippen molar-refractivity contribution in [2.75, 3.05) is 13.2 Å². The summed E-state index contributed by atoms with van der Waals surface area (Å²) in [6, 6.07) is 14.7. The topological polar surface area (TPSA) is 81.3 Å². The number of hydrogen-bond donors (Lipinski definition) is 1. The number of fused-ring (bicyclic) bond motifs is 3. The van der Waals surface area contributed by atoms with Crippen molar-refractivity contribution in [3.05, 3.63) is 65.4 Å². The van der Waals surface area contributed by atoms with E-state index in [1.807, 2.05) is 49.4 Å². The highest BCUT2D eigenvalue weighted by atomic mass is 16.5. The molecule has 0 saturated carbocycles. The zero-order valence-corrected chi connectivity index (χ0v) is 17.6. The smallest absolute Gasteiger partial charge is 0.342 e. The summed E-state index contributed by atoms with van der Waals surface area (Å²) in [4.78, 5) is 17.2. The minimum absolute atomic E-state index is 0.0316. The Morgan fingerprint density at radius 1 is 1.06 bits per heavy atom. The second kappa shape index (κ2) is 8.52. The predicted octanol–water partition coefficient (Wildman–Crippen LogP) is 5.93. The fourth-order valence-corrected chi connectivity index (χ4v) is 3.65. The van der Waals surface area contributed by atoms with Crippen molar-refractivity contribution in [3.8, 4) is 11.5 Å². The SMILES string of the molecule is CCOC(=O)c1c(C)oc2c1c(C=Nc1ccc(OCC)cc1)c(O)c1ccccc12. The number of carbonyl (C=O) groups is 1. The first-order valence-corrected chi connectivity index (χ1v) is 10.2. The summed E-state index contributed by atoms with van der Waals surface area (Å²) in [6.07, 6.45) is 1.55. The molecule has 0 aliphatic rings. The van der Waals surface area contributed by atoms with Crippen LogP contribution in [0.25, 0.3) is 21.7 Å². The van der Waals surface area contributed by atoms with Gasteiger partial charge in [-0.05, 0) is 45.0 Å². The van der Waals surface area contributed by atoms with Gasteiger partial charge in [0.15, 0.2) is 0 Å². The van der Waals surface area contributed by atoms with E-state index in [1.165, 1.54) is 0 Å². The summed E-state index contributed by atoms with van der Waals surface area (Å²) in [5.74, 6) is 0.723. The summed E-state index contributed by atoms with van der Waals surface area (Å²) in [5.41, 5.74) is 1.90. The summed E-state index contributed by atoms with van der Waals surface area (Å²) >= 11 is 0. The van der Waals surface area contributed by atoms with Crippen molar-refractivity contribution < 1.29 is 23.8 Å². The number of phenolic OH excluding ortho intramolecular Hbond substituents is 1. The van der Waals surface area contributed by atoms with Gasteiger partial charge in [-0.15, -0.1) is 0 Å². The summed E-state index contributed by atoms with van der Waals surface area (Å²) in [5, 5.41) is 12.9. The van der Waals surface area contributed by atoms with Crippen LogP contribution in [0.5, 0.6) is 11.5 Å². The largest absolute Gasteiger partial charge is 0.507 e. The fraction of sp³-hybridized carbons (Fsp3) is 0.200. The van der Waals surface area contributed by atoms with Crippen LogP contribution in [-0.4, -0.2) is 30.5 Å². The molecule has 31 heavy (non-hydrogen) atoms. The van der Waals surface area contributed by atoms with Crippen LogP contribution in [0.1, 0.15) is 35.5 Å². The Morgan fingerprint density at radius 3 is 2.45 bits per heavy atom. The number of aliphatic imine (C=N–C) groups is 1. The molecule has 6 nitrogen and oxygen atoms in total. The third-order valence-corrected chi connectivity index (χ3v) is 5.01. The Bertz CT molecular complexity index is 1290. The van der Waals surface area contributed by atoms with E-state index in [2.05, 4.69) is 4.99 Å². The van der Waals surface area contributed by atoms with Crippen LogP contribution < -0.4 is 4.74 Å². The van der Waals surface area contributed by atoms with E-state index in [1.54, 1.807) is 26.1 Å². The molecular formula is C25H23NO5. The zero-order valence-electron chi connectivity index (χ0n) is 17.6. The molecule has 0 aliphatic heterocycles. The average molecular weight is 417 g/mol. The minimum atomic E-state index is -0.496. The standard InChI is InChI=1S/C25H23NO5/c1-4-29-17-12-10-16(11-13-17)26-14-20-22-21(25(28)30-5-2)15(3)31-24(22)19-9-7-6-8-18(19)23(20)27/h6-14,27H,4-5H2,1-3H3. The molecule has 6 heteroatoms. The molecule has 0 fully saturated rings. The van der Waals surface area contributed by atoms with Gasteiger partial charge in [-0.2, -0.15) is 0 Å². The first kappa shape index (κ1) is 20.5. The van der Waals surface area contributed by atoms with Crippen LogP contribution in [0, 0.1) is 6.92 Å². The highest BCUT2D eigenvalue weighted by Gasteiger charge is 2.25. The lowest BCUT2D eigenvalue weighted by Gasteiger charge is -2.08. The summed E-state index contributed by atoms with van der Waals surface area (Å²) in [7, 11) is 0. The Labute approximate surface area is 179 Å². The first-order valence-electron chi connectivity index (χ1n) is 10.2. The number of furan rings is 1. The molecule has 0 saturated heterocycles. The first-order chi connectivity index (χ1) is 15.0. The number of phenols is 1. The average Bonchev–Trinajstić information content (AvgIpc) is 3.12. The Morgan fingerprint density at radius 2 is 1.77 bits per heavy atom. The fourth-order valence-electron chi connectivity index (χ4n) is 3.65. The van der Waals surface area contributed by atoms with Crippen molar-refractivity contribution in [2.45, 2.75) is 20.8 Å². The molecule has 0 aliphatic carbocycles. The van der Waals surface area contributed by atoms with Gasteiger partial charge >= 0.3 is 5.97 Å². The predicted molar refractivity (Wildman–Crippen MR) is 121 cm³/mol. The van der Waals surface area contributed by atoms with Crippen molar-refractivity contribution in [1.82, 2.24) is 0 Å². The maximum Gasteiger partial charge on any atom is 0.342 e. The second-order valence-corrected chi connectivity index (χ2v) is 6.95. The lowest BCUT2D eigenvalue weighted by atomic mass is 9.98. The quantitative estimate of drug-likeness (QED) is 0.311. The van der Waals surface area contributed by atoms with Gasteiger partial charge in [0.2, 0.25) is 0 Å². The van der Waals surface area contributed by atoms with Gasteiger partial charge in [0.1, 0.15) is 28.4 Å². The Kier molecular flexibility index (Phi) is 5.62. The van der Waals surface area contributed by atoms with Crippen molar-refractivity contribution in [3.63, 3.8) is 0 Å². The Balaban J connectivity index is 1.93. The van der Waals surface area contributed by atoms with Gasteiger partial charge in [-0.3, -0.25) is 4.99 Å². The minimum Gasteiger partial charge on any atom is -0.507 e. The number of ether oxygens (including phenoxy) is 2. The molecule has 4 rings (SSSR count). The molecule has 1 aromatic heterocycles. The number of hydrogen-bond acceptors (Lipinski definition) is 6. The molecule has 4 aromatic rings. The van der Waals surface area contributed by atoms with E-state index < -0.39 is 5.97 Å². The lowest BCUT2D eigenvalue weighted by Crippen LogP contribution is -2.06. The molecular weight excluding hydrogens is 394 g/mol. The van der Waals surface area contributed by atoms with Gasteiger partial charge in [0.25, 0.3) is 0 Å². The van der Waals surface area contributed by atoms with E-state index in [0.717, 1.165) is 5.75 Å². The molecule has 0 atom stereocenters. The van der Waals surface area contributed by atoms with Crippen LogP contribution in [-0.2, 0) is 4.74 Å². The monoisotopic (exact) mass is 417 g/mol. The van der Waals surface area contributed by atoms with Crippen LogP contribution in [0.15, 0.2) is 57.9 Å². The van der Waals surface area contributed by atoms with E-state index in [9.17, 15) is 9.90 Å². The Hall–Kier alpha value is -3.80. The molecule has 1 heterocycles. The van der Waals surface area contributed by atoms with E-state index >= 15 is 0 Å². The van der Waals surface area contributed by atoms with Gasteiger partial charge in [-0.1, -0.05) is 24.3 Å². The number of rotatable bonds is 6. The third-order valence-electron chi connectivity index (χ3n) is 5.01. The number of aryl methyl sites for hydroxylation is 1. The number of nitrogens with zero attached hydrogens (tertiary/aromatic N) is 1. The zero-order chi connectivity index (χ0) is 22.0. The molecule has 158 valence electrons. The second-order valence-electron chi connectivity index (χ2n) is 6.95. The number of esters is 1. The van der Waals surface area contributed by atoms with Crippen LogP contribution in [0.3, 0.4) is 0 Å². The molecule has 0 amide bonds. The molecule has 1 N–H and O–H groups in total. The number of carbonyl (C=O) groups excluding carboxylic acids is 1. The van der Waals surface area contributed by atoms with Gasteiger partial charge in [-0.25, -0.2) is 4.79 Å². The molecule has 0 spiro atoms. The molecule has 3 aromatic carbocycles. The summed E-state index contributed by atoms with van der Waals surface area (Å²) < 4.78 is 16.7. The van der Waals surface area contributed by atoms with E-state index in [-0.39, 0.29) is 12.4 Å². The van der Waals surface area contributed by atoms with Crippen LogP contribution in [0.2, 0.25) is 0 Å². The number of benzene rings is 3. The third kappa shape index (κ3) is 3.72. The van der Waals surface area contributed by atoms with Crippen molar-refractivity contribution >= 4 is 39.6 Å². The van der Waals surface area contributed by atoms with Gasteiger partial charge in [0, 0.05) is 27.9 Å². The highest BCUT2D eigenvalue weighted by Crippen LogP contribution is 2.41. The van der Waals surface area contributed by atoms with Gasteiger partial charge < -0.3 is 19.0 Å². The van der Waals surface area contributed by atoms with Crippen molar-refractivity contribution in [1.29, 1.82) is 0 Å². The summed E-state index contributed by atoms with van der Waals surface area (Å²) in [6.45, 7) is 6.21. The number of aromatic hydroxyl groups is 1. The molecule has 0 radical (unpaired) electrons. The molecule has 0 bridgehead atoms. The maximum absolute atomic E-state index is 12.7. The van der Waals surface area contributed by atoms with Crippen molar-refractivity contribution in [2.24, 2.45) is 4.99 Å². The lowest BCUT2D eigenvalue weighted by molar-refractivity contribution is 0.0526. The highest BCUT2D eigenvalue weighted by molar-refractivity contribution is 6.21. The van der Waals surface area contributed by atoms with E-state index in [4.69, 9.17) is 13.9 Å². The van der Waals surface area contributed by atoms with Gasteiger partial charge in [0.05, 0.1) is 18.9 Å². The normalized spacial score (nSPS) is 11.5.